The number of benzene rings is 3. The fourth-order valence-electron chi connectivity index (χ4n) is 3.48. The molecule has 0 spiro atoms. The summed E-state index contributed by atoms with van der Waals surface area (Å²) in [6, 6.07) is 14.1. The van der Waals surface area contributed by atoms with E-state index in [-0.39, 0.29) is 39.3 Å². The van der Waals surface area contributed by atoms with E-state index in [0.29, 0.717) is 4.47 Å². The number of hydrogen-bond donors (Lipinski definition) is 0. The maximum atomic E-state index is 14.0. The molecule has 0 aliphatic heterocycles. The normalized spacial score (nSPS) is 11.4. The van der Waals surface area contributed by atoms with Gasteiger partial charge in [0, 0.05) is 10.5 Å². The van der Waals surface area contributed by atoms with Crippen molar-refractivity contribution in [2.45, 2.75) is 6.18 Å². The lowest BCUT2D eigenvalue weighted by atomic mass is 10.0. The summed E-state index contributed by atoms with van der Waals surface area (Å²) in [4.78, 5) is 25.7. The van der Waals surface area contributed by atoms with Crippen LogP contribution in [0.1, 0.15) is 16.1 Å². The van der Waals surface area contributed by atoms with Crippen LogP contribution >= 0.6 is 15.9 Å². The van der Waals surface area contributed by atoms with Crippen molar-refractivity contribution in [2.24, 2.45) is 0 Å². The molecule has 0 unspecified atom stereocenters. The molecule has 6 nitrogen and oxygen atoms in total. The van der Waals surface area contributed by atoms with Crippen LogP contribution in [0.4, 0.5) is 13.2 Å². The molecule has 3 aromatic carbocycles. The maximum Gasteiger partial charge on any atom is 0.450 e. The SMILES string of the molecule is COc1ccc(-c2c(C(F)(F)F)oc3cc(OC(=O)c4ccccc4Br)ccc3c2=O)cc1OC. The lowest BCUT2D eigenvalue weighted by Gasteiger charge is -2.15. The molecule has 0 radical (unpaired) electrons. The van der Waals surface area contributed by atoms with Crippen LogP contribution in [0, 0.1) is 0 Å². The Morgan fingerprint density at radius 2 is 1.66 bits per heavy atom. The first-order valence-electron chi connectivity index (χ1n) is 10.0. The van der Waals surface area contributed by atoms with Crippen molar-refractivity contribution in [1.82, 2.24) is 0 Å². The zero-order chi connectivity index (χ0) is 25.3. The van der Waals surface area contributed by atoms with E-state index in [2.05, 4.69) is 15.9 Å². The monoisotopic (exact) mass is 548 g/mol. The van der Waals surface area contributed by atoms with Crippen molar-refractivity contribution in [2.75, 3.05) is 14.2 Å². The van der Waals surface area contributed by atoms with Crippen LogP contribution in [0.25, 0.3) is 22.1 Å². The smallest absolute Gasteiger partial charge is 0.450 e. The number of ether oxygens (including phenoxy) is 3. The summed E-state index contributed by atoms with van der Waals surface area (Å²) >= 11 is 3.24. The van der Waals surface area contributed by atoms with E-state index in [1.807, 2.05) is 0 Å². The average Bonchev–Trinajstić information content (AvgIpc) is 2.83. The van der Waals surface area contributed by atoms with Crippen molar-refractivity contribution >= 4 is 32.9 Å². The summed E-state index contributed by atoms with van der Waals surface area (Å²) in [7, 11) is 2.70. The molecule has 0 amide bonds. The van der Waals surface area contributed by atoms with Gasteiger partial charge in [0.25, 0.3) is 0 Å². The molecule has 0 atom stereocenters. The zero-order valence-corrected chi connectivity index (χ0v) is 19.8. The highest BCUT2D eigenvalue weighted by molar-refractivity contribution is 9.10. The summed E-state index contributed by atoms with van der Waals surface area (Å²) in [6.07, 6.45) is -4.99. The molecule has 0 bridgehead atoms. The van der Waals surface area contributed by atoms with E-state index in [4.69, 9.17) is 18.6 Å². The molecule has 10 heteroatoms. The molecule has 0 N–H and O–H groups in total. The van der Waals surface area contributed by atoms with Crippen molar-refractivity contribution in [3.63, 3.8) is 0 Å². The standard InChI is InChI=1S/C25H16BrF3O6/c1-32-18-10-7-13(11-20(18)33-2)21-22(30)16-9-8-14(12-19(16)35-23(21)25(27,28)29)34-24(31)15-5-3-4-6-17(15)26/h3-12H,1-2H3. The van der Waals surface area contributed by atoms with Gasteiger partial charge in [0.15, 0.2) is 11.5 Å². The highest BCUT2D eigenvalue weighted by atomic mass is 79.9. The van der Waals surface area contributed by atoms with Gasteiger partial charge in [0.2, 0.25) is 11.2 Å². The van der Waals surface area contributed by atoms with Gasteiger partial charge < -0.3 is 18.6 Å². The average molecular weight is 549 g/mol. The van der Waals surface area contributed by atoms with E-state index in [1.165, 1.54) is 50.6 Å². The molecule has 35 heavy (non-hydrogen) atoms. The first-order valence-corrected chi connectivity index (χ1v) is 10.8. The Balaban J connectivity index is 1.85. The second kappa shape index (κ2) is 9.46. The predicted octanol–water partition coefficient (Wildman–Crippen LogP) is 6.48. The number of rotatable bonds is 5. The Morgan fingerprint density at radius 3 is 2.31 bits per heavy atom. The molecular formula is C25H16BrF3O6. The van der Waals surface area contributed by atoms with E-state index < -0.39 is 28.9 Å². The number of hydrogen-bond acceptors (Lipinski definition) is 6. The Labute approximate surface area is 205 Å². The molecule has 180 valence electrons. The van der Waals surface area contributed by atoms with Crippen LogP contribution in [0.2, 0.25) is 0 Å². The predicted molar refractivity (Wildman–Crippen MR) is 125 cm³/mol. The van der Waals surface area contributed by atoms with Gasteiger partial charge in [0.05, 0.1) is 30.7 Å². The molecule has 1 heterocycles. The van der Waals surface area contributed by atoms with Gasteiger partial charge >= 0.3 is 12.1 Å². The minimum absolute atomic E-state index is 0.0601. The molecule has 4 rings (SSSR count). The van der Waals surface area contributed by atoms with Crippen LogP contribution in [0.3, 0.4) is 0 Å². The van der Waals surface area contributed by atoms with Crippen LogP contribution in [0.15, 0.2) is 74.3 Å². The maximum absolute atomic E-state index is 14.0. The Morgan fingerprint density at radius 1 is 0.943 bits per heavy atom. The third-order valence-electron chi connectivity index (χ3n) is 5.10. The Kier molecular flexibility index (Phi) is 6.58. The number of methoxy groups -OCH3 is 2. The van der Waals surface area contributed by atoms with Crippen LogP contribution in [0.5, 0.6) is 17.2 Å². The van der Waals surface area contributed by atoms with Gasteiger partial charge in [-0.3, -0.25) is 4.79 Å². The number of alkyl halides is 3. The lowest BCUT2D eigenvalue weighted by Crippen LogP contribution is -2.16. The van der Waals surface area contributed by atoms with Gasteiger partial charge in [-0.2, -0.15) is 13.2 Å². The van der Waals surface area contributed by atoms with Gasteiger partial charge in [-0.1, -0.05) is 18.2 Å². The van der Waals surface area contributed by atoms with Gasteiger partial charge in [-0.15, -0.1) is 0 Å². The second-order valence-corrected chi connectivity index (χ2v) is 8.08. The van der Waals surface area contributed by atoms with Gasteiger partial charge in [-0.05, 0) is 57.9 Å². The van der Waals surface area contributed by atoms with Crippen molar-refractivity contribution < 1.29 is 36.6 Å². The number of carbonyl (C=O) groups is 1. The van der Waals surface area contributed by atoms with Crippen molar-refractivity contribution in [3.05, 3.63) is 86.7 Å². The van der Waals surface area contributed by atoms with Gasteiger partial charge in [-0.25, -0.2) is 4.79 Å². The summed E-state index contributed by atoms with van der Waals surface area (Å²) in [5.41, 5.74) is -1.81. The summed E-state index contributed by atoms with van der Waals surface area (Å²) in [5, 5.41) is -0.122. The Hall–Kier alpha value is -3.79. The molecular weight excluding hydrogens is 533 g/mol. The molecule has 0 saturated heterocycles. The Bertz CT molecular complexity index is 1490. The van der Waals surface area contributed by atoms with Crippen molar-refractivity contribution in [1.29, 1.82) is 0 Å². The molecule has 4 aromatic rings. The second-order valence-electron chi connectivity index (χ2n) is 7.23. The molecule has 0 saturated carbocycles. The number of halogens is 4. The third-order valence-corrected chi connectivity index (χ3v) is 5.79. The molecule has 1 aromatic heterocycles. The number of esters is 1. The fraction of sp³-hybridized carbons (Fsp3) is 0.120. The number of fused-ring (bicyclic) bond motifs is 1. The van der Waals surface area contributed by atoms with E-state index >= 15 is 0 Å². The first kappa shape index (κ1) is 24.3. The fourth-order valence-corrected chi connectivity index (χ4v) is 3.93. The summed E-state index contributed by atoms with van der Waals surface area (Å²) in [5.74, 6) is -1.89. The number of carbonyl (C=O) groups excluding carboxylic acids is 1. The van der Waals surface area contributed by atoms with Crippen molar-refractivity contribution in [3.8, 4) is 28.4 Å². The zero-order valence-electron chi connectivity index (χ0n) is 18.2. The highest BCUT2D eigenvalue weighted by Crippen LogP contribution is 2.40. The summed E-state index contributed by atoms with van der Waals surface area (Å²) < 4.78 is 63.1. The van der Waals surface area contributed by atoms with Crippen LogP contribution < -0.4 is 19.6 Å². The minimum atomic E-state index is -4.99. The first-order chi connectivity index (χ1) is 16.6. The minimum Gasteiger partial charge on any atom is -0.493 e. The molecule has 0 aliphatic rings. The van der Waals surface area contributed by atoms with E-state index in [1.54, 1.807) is 18.2 Å². The lowest BCUT2D eigenvalue weighted by molar-refractivity contribution is -0.152. The van der Waals surface area contributed by atoms with E-state index in [0.717, 1.165) is 6.07 Å². The topological polar surface area (TPSA) is 75.0 Å². The quantitative estimate of drug-likeness (QED) is 0.210. The highest BCUT2D eigenvalue weighted by Gasteiger charge is 2.39. The third kappa shape index (κ3) is 4.74. The molecule has 0 aliphatic carbocycles. The molecule has 0 fully saturated rings. The van der Waals surface area contributed by atoms with Crippen LogP contribution in [-0.4, -0.2) is 20.2 Å². The summed E-state index contributed by atoms with van der Waals surface area (Å²) in [6.45, 7) is 0. The van der Waals surface area contributed by atoms with Gasteiger partial charge in [0.1, 0.15) is 11.3 Å². The van der Waals surface area contributed by atoms with E-state index in [9.17, 15) is 22.8 Å². The van der Waals surface area contributed by atoms with Crippen LogP contribution in [-0.2, 0) is 6.18 Å². The largest absolute Gasteiger partial charge is 0.493 e.